The Labute approximate surface area is 108 Å². The van der Waals surface area contributed by atoms with E-state index in [0.29, 0.717) is 22.8 Å². The number of carboxylic acids is 1. The van der Waals surface area contributed by atoms with Gasteiger partial charge in [-0.2, -0.15) is 0 Å². The van der Waals surface area contributed by atoms with Gasteiger partial charge in [0.25, 0.3) is 5.91 Å². The van der Waals surface area contributed by atoms with E-state index in [1.54, 1.807) is 19.1 Å². The normalized spacial score (nSPS) is 18.9. The maximum absolute atomic E-state index is 12.2. The maximum Gasteiger partial charge on any atom is 0.327 e. The van der Waals surface area contributed by atoms with E-state index in [2.05, 4.69) is 0 Å². The van der Waals surface area contributed by atoms with Crippen LogP contribution in [0.5, 0.6) is 5.75 Å². The third-order valence-electron chi connectivity index (χ3n) is 2.88. The minimum absolute atomic E-state index is 0.0413. The number of hydrogen-bond acceptors (Lipinski definition) is 4. The molecule has 0 unspecified atom stereocenters. The lowest BCUT2D eigenvalue weighted by molar-refractivity contribution is -0.140. The summed E-state index contributed by atoms with van der Waals surface area (Å²) in [6.45, 7) is 1.73. The van der Waals surface area contributed by atoms with E-state index < -0.39 is 12.0 Å². The molecule has 2 N–H and O–H groups in total. The van der Waals surface area contributed by atoms with Crippen LogP contribution >= 0.6 is 11.8 Å². The largest absolute Gasteiger partial charge is 0.508 e. The van der Waals surface area contributed by atoms with Gasteiger partial charge in [0.05, 0.1) is 5.88 Å². The number of carbonyl (C=O) groups is 2. The Kier molecular flexibility index (Phi) is 3.47. The second-order valence-corrected chi connectivity index (χ2v) is 5.13. The SMILES string of the molecule is Cc1ccc(C(=O)N2CSC[C@H]2C(=O)O)cc1O. The molecule has 1 heterocycles. The fourth-order valence-electron chi connectivity index (χ4n) is 1.76. The number of phenolic OH excluding ortho intramolecular Hbond substituents is 1. The van der Waals surface area contributed by atoms with E-state index in [1.807, 2.05) is 0 Å². The summed E-state index contributed by atoms with van der Waals surface area (Å²) in [5.41, 5.74) is 0.990. The van der Waals surface area contributed by atoms with E-state index in [-0.39, 0.29) is 11.7 Å². The molecule has 0 saturated carbocycles. The van der Waals surface area contributed by atoms with Crippen LogP contribution in [0.3, 0.4) is 0 Å². The zero-order chi connectivity index (χ0) is 13.3. The molecule has 0 bridgehead atoms. The molecule has 1 aliphatic rings. The van der Waals surface area contributed by atoms with Crippen molar-refractivity contribution in [2.75, 3.05) is 11.6 Å². The Balaban J connectivity index is 2.25. The third kappa shape index (κ3) is 2.28. The maximum atomic E-state index is 12.2. The Morgan fingerprint density at radius 1 is 1.44 bits per heavy atom. The van der Waals surface area contributed by atoms with E-state index in [0.717, 1.165) is 0 Å². The summed E-state index contributed by atoms with van der Waals surface area (Å²) in [5, 5.41) is 18.6. The van der Waals surface area contributed by atoms with Gasteiger partial charge in [-0.3, -0.25) is 4.79 Å². The first-order chi connectivity index (χ1) is 8.50. The van der Waals surface area contributed by atoms with Gasteiger partial charge >= 0.3 is 5.97 Å². The van der Waals surface area contributed by atoms with Gasteiger partial charge in [-0.05, 0) is 24.6 Å². The fourth-order valence-corrected chi connectivity index (χ4v) is 2.90. The van der Waals surface area contributed by atoms with Gasteiger partial charge in [0.1, 0.15) is 11.8 Å². The molecule has 0 aliphatic carbocycles. The van der Waals surface area contributed by atoms with Crippen LogP contribution in [-0.4, -0.2) is 44.7 Å². The van der Waals surface area contributed by atoms with Gasteiger partial charge in [-0.25, -0.2) is 4.79 Å². The second-order valence-electron chi connectivity index (χ2n) is 4.13. The topological polar surface area (TPSA) is 77.8 Å². The highest BCUT2D eigenvalue weighted by Gasteiger charge is 2.35. The number of thioether (sulfide) groups is 1. The molecule has 2 rings (SSSR count). The number of rotatable bonds is 2. The predicted octanol–water partition coefficient (Wildman–Crippen LogP) is 1.30. The summed E-state index contributed by atoms with van der Waals surface area (Å²) >= 11 is 1.41. The summed E-state index contributed by atoms with van der Waals surface area (Å²) in [5.74, 6) is -0.546. The molecule has 96 valence electrons. The number of aromatic hydroxyl groups is 1. The van der Waals surface area contributed by atoms with Crippen molar-refractivity contribution in [3.8, 4) is 5.75 Å². The first-order valence-electron chi connectivity index (χ1n) is 5.42. The first-order valence-corrected chi connectivity index (χ1v) is 6.57. The van der Waals surface area contributed by atoms with Crippen LogP contribution in [-0.2, 0) is 4.79 Å². The molecule has 1 fully saturated rings. The van der Waals surface area contributed by atoms with Gasteiger partial charge in [-0.15, -0.1) is 11.8 Å². The third-order valence-corrected chi connectivity index (χ3v) is 3.90. The zero-order valence-corrected chi connectivity index (χ0v) is 10.6. The van der Waals surface area contributed by atoms with Crippen LogP contribution in [0.2, 0.25) is 0 Å². The van der Waals surface area contributed by atoms with Crippen LogP contribution in [0.15, 0.2) is 18.2 Å². The number of aryl methyl sites for hydroxylation is 1. The monoisotopic (exact) mass is 267 g/mol. The summed E-state index contributed by atoms with van der Waals surface area (Å²) in [6, 6.07) is 3.83. The lowest BCUT2D eigenvalue weighted by Gasteiger charge is -2.20. The van der Waals surface area contributed by atoms with Gasteiger partial charge < -0.3 is 15.1 Å². The molecule has 5 nitrogen and oxygen atoms in total. The Bertz CT molecular complexity index is 503. The molecule has 18 heavy (non-hydrogen) atoms. The summed E-state index contributed by atoms with van der Waals surface area (Å²) in [4.78, 5) is 24.5. The number of amides is 1. The van der Waals surface area contributed by atoms with Crippen molar-refractivity contribution in [1.82, 2.24) is 4.90 Å². The van der Waals surface area contributed by atoms with E-state index in [4.69, 9.17) is 5.11 Å². The molecule has 1 aromatic carbocycles. The van der Waals surface area contributed by atoms with Crippen LogP contribution in [0.4, 0.5) is 0 Å². The molecular weight excluding hydrogens is 254 g/mol. The Morgan fingerprint density at radius 2 is 2.17 bits per heavy atom. The highest BCUT2D eigenvalue weighted by atomic mass is 32.2. The molecule has 1 aromatic rings. The highest BCUT2D eigenvalue weighted by molar-refractivity contribution is 7.99. The molecule has 0 spiro atoms. The molecule has 0 aromatic heterocycles. The number of nitrogens with zero attached hydrogens (tertiary/aromatic N) is 1. The smallest absolute Gasteiger partial charge is 0.327 e. The van der Waals surface area contributed by atoms with Crippen molar-refractivity contribution in [1.29, 1.82) is 0 Å². The average molecular weight is 267 g/mol. The molecule has 1 aliphatic heterocycles. The number of carboxylic acid groups (broad SMARTS) is 1. The highest BCUT2D eigenvalue weighted by Crippen LogP contribution is 2.25. The summed E-state index contributed by atoms with van der Waals surface area (Å²) in [6.07, 6.45) is 0. The average Bonchev–Trinajstić information content (AvgIpc) is 2.81. The van der Waals surface area contributed by atoms with Gasteiger partial charge in [0, 0.05) is 11.3 Å². The van der Waals surface area contributed by atoms with Crippen molar-refractivity contribution in [2.24, 2.45) is 0 Å². The number of phenols is 1. The minimum atomic E-state index is -0.996. The summed E-state index contributed by atoms with van der Waals surface area (Å²) < 4.78 is 0. The van der Waals surface area contributed by atoms with Crippen molar-refractivity contribution < 1.29 is 19.8 Å². The second kappa shape index (κ2) is 4.89. The molecule has 6 heteroatoms. The lowest BCUT2D eigenvalue weighted by atomic mass is 10.1. The van der Waals surface area contributed by atoms with Crippen LogP contribution in [0.25, 0.3) is 0 Å². The number of benzene rings is 1. The molecule has 1 atom stereocenters. The fraction of sp³-hybridized carbons (Fsp3) is 0.333. The number of carbonyl (C=O) groups excluding carboxylic acids is 1. The van der Waals surface area contributed by atoms with Gasteiger partial charge in [-0.1, -0.05) is 6.07 Å². The quantitative estimate of drug-likeness (QED) is 0.844. The number of hydrogen-bond donors (Lipinski definition) is 2. The molecule has 1 amide bonds. The standard InChI is InChI=1S/C12H13NO4S/c1-7-2-3-8(4-10(7)14)11(15)13-6-18-5-9(13)12(16)17/h2-4,9,14H,5-6H2,1H3,(H,16,17)/t9-/m0/s1. The first kappa shape index (κ1) is 12.8. The predicted molar refractivity (Wildman–Crippen MR) is 67.8 cm³/mol. The van der Waals surface area contributed by atoms with E-state index in [1.165, 1.54) is 22.7 Å². The lowest BCUT2D eigenvalue weighted by Crippen LogP contribution is -2.41. The molecule has 0 radical (unpaired) electrons. The van der Waals surface area contributed by atoms with Crippen molar-refractivity contribution in [3.05, 3.63) is 29.3 Å². The minimum Gasteiger partial charge on any atom is -0.508 e. The van der Waals surface area contributed by atoms with Crippen LogP contribution in [0.1, 0.15) is 15.9 Å². The Morgan fingerprint density at radius 3 is 2.78 bits per heavy atom. The zero-order valence-electron chi connectivity index (χ0n) is 9.79. The molecular formula is C12H13NO4S. The van der Waals surface area contributed by atoms with Gasteiger partial charge in [0.15, 0.2) is 0 Å². The van der Waals surface area contributed by atoms with Crippen molar-refractivity contribution in [3.63, 3.8) is 0 Å². The summed E-state index contributed by atoms with van der Waals surface area (Å²) in [7, 11) is 0. The van der Waals surface area contributed by atoms with E-state index >= 15 is 0 Å². The van der Waals surface area contributed by atoms with Crippen molar-refractivity contribution in [2.45, 2.75) is 13.0 Å². The molecule has 1 saturated heterocycles. The number of aliphatic carboxylic acids is 1. The van der Waals surface area contributed by atoms with Crippen LogP contribution in [0, 0.1) is 6.92 Å². The Hall–Kier alpha value is -1.69. The van der Waals surface area contributed by atoms with Crippen LogP contribution < -0.4 is 0 Å². The van der Waals surface area contributed by atoms with Gasteiger partial charge in [0.2, 0.25) is 0 Å². The van der Waals surface area contributed by atoms with E-state index in [9.17, 15) is 14.7 Å². The van der Waals surface area contributed by atoms with Crippen molar-refractivity contribution >= 4 is 23.6 Å².